The van der Waals surface area contributed by atoms with Crippen LogP contribution in [0.25, 0.3) is 11.1 Å². The van der Waals surface area contributed by atoms with Crippen LogP contribution in [0.3, 0.4) is 0 Å². The average molecular weight is 456 g/mol. The molecule has 0 heterocycles. The van der Waals surface area contributed by atoms with Gasteiger partial charge in [0.2, 0.25) is 5.91 Å². The number of hydrogen-bond acceptors (Lipinski definition) is 3. The molecule has 2 aromatic carbocycles. The third-order valence-electron chi connectivity index (χ3n) is 3.63. The van der Waals surface area contributed by atoms with Crippen LogP contribution in [0.1, 0.15) is 27.2 Å². The molecule has 0 atom stereocenters. The summed E-state index contributed by atoms with van der Waals surface area (Å²) < 4.78 is 95.6. The van der Waals surface area contributed by atoms with Gasteiger partial charge in [0, 0.05) is 18.1 Å². The van der Waals surface area contributed by atoms with Gasteiger partial charge in [0.05, 0.1) is 10.6 Å². The molecule has 29 heavy (non-hydrogen) atoms. The normalized spacial score (nSPS) is 12.2. The number of carbonyl (C=O) groups is 1. The van der Waals surface area contributed by atoms with Crippen molar-refractivity contribution in [1.82, 2.24) is 4.72 Å². The van der Waals surface area contributed by atoms with E-state index in [1.54, 1.807) is 25.5 Å². The summed E-state index contributed by atoms with van der Waals surface area (Å²) in [6.45, 7) is 5.03. The molecule has 0 bridgehead atoms. The molecule has 0 aromatic heterocycles. The summed E-state index contributed by atoms with van der Waals surface area (Å²) in [5.41, 5.74) is -2.91. The van der Waals surface area contributed by atoms with Gasteiger partial charge in [-0.15, -0.1) is 0 Å². The largest absolute Gasteiger partial charge is 0.274 e. The lowest BCUT2D eigenvalue weighted by Gasteiger charge is -2.18. The van der Waals surface area contributed by atoms with Crippen LogP contribution in [0.15, 0.2) is 23.1 Å². The molecule has 11 heteroatoms. The molecule has 0 saturated heterocycles. The molecule has 1 N–H and O–H groups in total. The Morgan fingerprint density at radius 3 is 2.10 bits per heavy atom. The monoisotopic (exact) mass is 455 g/mol. The lowest BCUT2D eigenvalue weighted by Crippen LogP contribution is -2.33. The number of halogens is 6. The predicted octanol–water partition coefficient (Wildman–Crippen LogP) is 4.94. The summed E-state index contributed by atoms with van der Waals surface area (Å²) in [6, 6.07) is 0.851. The molecule has 0 saturated carbocycles. The van der Waals surface area contributed by atoms with Crippen molar-refractivity contribution in [3.63, 3.8) is 0 Å². The second kappa shape index (κ2) is 7.91. The van der Waals surface area contributed by atoms with Gasteiger partial charge in [-0.1, -0.05) is 32.4 Å². The minimum Gasteiger partial charge on any atom is -0.274 e. The summed E-state index contributed by atoms with van der Waals surface area (Å²) in [7, 11) is -4.66. The first-order chi connectivity index (χ1) is 13.1. The van der Waals surface area contributed by atoms with Crippen molar-refractivity contribution in [2.24, 2.45) is 5.41 Å². The third kappa shape index (κ3) is 5.05. The van der Waals surface area contributed by atoms with Gasteiger partial charge in [-0.3, -0.25) is 4.79 Å². The minimum atomic E-state index is -4.66. The van der Waals surface area contributed by atoms with E-state index in [2.05, 4.69) is 0 Å². The number of carbonyl (C=O) groups excluding carboxylic acids is 1. The van der Waals surface area contributed by atoms with E-state index >= 15 is 0 Å². The van der Waals surface area contributed by atoms with E-state index in [1.807, 2.05) is 0 Å². The second-order valence-corrected chi connectivity index (χ2v) is 9.43. The molecular weight excluding hydrogens is 441 g/mol. The SMILES string of the molecule is CC(C)(C)CC(=O)NS(=O)(=O)c1cc(-c2c(F)cc(F)c(F)c2F)c(F)cc1Cl. The van der Waals surface area contributed by atoms with E-state index in [-0.39, 0.29) is 12.5 Å². The molecule has 1 amide bonds. The summed E-state index contributed by atoms with van der Waals surface area (Å²) in [5, 5.41) is -0.689. The highest BCUT2D eigenvalue weighted by Gasteiger charge is 2.28. The van der Waals surface area contributed by atoms with E-state index in [4.69, 9.17) is 11.6 Å². The molecule has 0 radical (unpaired) electrons. The average Bonchev–Trinajstić information content (AvgIpc) is 2.51. The fourth-order valence-corrected chi connectivity index (χ4v) is 3.99. The number of hydrogen-bond donors (Lipinski definition) is 1. The zero-order valence-corrected chi connectivity index (χ0v) is 16.9. The molecule has 2 aromatic rings. The Morgan fingerprint density at radius 1 is 0.966 bits per heavy atom. The summed E-state index contributed by atoms with van der Waals surface area (Å²) >= 11 is 5.73. The molecule has 2 rings (SSSR count). The van der Waals surface area contributed by atoms with Crippen LogP contribution in [0.2, 0.25) is 5.02 Å². The molecule has 0 aliphatic carbocycles. The van der Waals surface area contributed by atoms with Gasteiger partial charge >= 0.3 is 0 Å². The Hall–Kier alpha value is -2.20. The zero-order valence-electron chi connectivity index (χ0n) is 15.3. The second-order valence-electron chi connectivity index (χ2n) is 7.37. The Morgan fingerprint density at radius 2 is 1.55 bits per heavy atom. The Balaban J connectivity index is 2.62. The number of sulfonamides is 1. The zero-order chi connectivity index (χ0) is 22.3. The lowest BCUT2D eigenvalue weighted by atomic mass is 9.92. The van der Waals surface area contributed by atoms with Gasteiger partial charge in [-0.25, -0.2) is 35.1 Å². The summed E-state index contributed by atoms with van der Waals surface area (Å²) in [4.78, 5) is 11.1. The molecular formula is C18H15ClF5NO3S. The van der Waals surface area contributed by atoms with Crippen LogP contribution in [0.5, 0.6) is 0 Å². The summed E-state index contributed by atoms with van der Waals surface area (Å²) in [5.74, 6) is -9.92. The molecule has 158 valence electrons. The Labute approximate surface area is 168 Å². The Kier molecular flexibility index (Phi) is 6.29. The molecule has 0 aliphatic rings. The van der Waals surface area contributed by atoms with Gasteiger partial charge in [0.25, 0.3) is 10.0 Å². The fourth-order valence-electron chi connectivity index (χ4n) is 2.46. The lowest BCUT2D eigenvalue weighted by molar-refractivity contribution is -0.121. The van der Waals surface area contributed by atoms with E-state index in [0.29, 0.717) is 12.1 Å². The minimum absolute atomic E-state index is 0.0128. The third-order valence-corrected chi connectivity index (χ3v) is 5.47. The van der Waals surface area contributed by atoms with E-state index in [1.165, 1.54) is 0 Å². The summed E-state index contributed by atoms with van der Waals surface area (Å²) in [6.07, 6.45) is -0.190. The topological polar surface area (TPSA) is 63.2 Å². The number of rotatable bonds is 4. The highest BCUT2D eigenvalue weighted by Crippen LogP contribution is 2.35. The van der Waals surface area contributed by atoms with Crippen molar-refractivity contribution in [2.75, 3.05) is 0 Å². The maximum atomic E-state index is 14.3. The number of nitrogens with one attached hydrogen (secondary N) is 1. The molecule has 0 aliphatic heterocycles. The highest BCUT2D eigenvalue weighted by atomic mass is 35.5. The molecule has 0 spiro atoms. The van der Waals surface area contributed by atoms with Crippen molar-refractivity contribution in [1.29, 1.82) is 0 Å². The van der Waals surface area contributed by atoms with Crippen LogP contribution in [0.4, 0.5) is 22.0 Å². The number of benzene rings is 2. The Bertz CT molecular complexity index is 1100. The molecule has 0 fully saturated rings. The standard InChI is InChI=1S/C18H15ClF5NO3S/c1-18(2,3)7-14(26)25-29(27,28)13-4-8(10(20)5-9(13)19)15-11(21)6-12(22)16(23)17(15)24/h4-6H,7H2,1-3H3,(H,25,26). The van der Waals surface area contributed by atoms with E-state index in [0.717, 1.165) is 0 Å². The fraction of sp³-hybridized carbons (Fsp3) is 0.278. The van der Waals surface area contributed by atoms with Crippen LogP contribution < -0.4 is 4.72 Å². The van der Waals surface area contributed by atoms with Gasteiger partial charge in [0.15, 0.2) is 17.5 Å². The van der Waals surface area contributed by atoms with E-state index in [9.17, 15) is 35.2 Å². The quantitative estimate of drug-likeness (QED) is 0.403. The van der Waals surface area contributed by atoms with Crippen molar-refractivity contribution < 1.29 is 35.2 Å². The van der Waals surface area contributed by atoms with Crippen molar-refractivity contribution in [3.8, 4) is 11.1 Å². The molecule has 4 nitrogen and oxygen atoms in total. The van der Waals surface area contributed by atoms with Crippen LogP contribution in [0, 0.1) is 34.5 Å². The maximum Gasteiger partial charge on any atom is 0.265 e. The van der Waals surface area contributed by atoms with Crippen molar-refractivity contribution in [3.05, 3.63) is 52.3 Å². The van der Waals surface area contributed by atoms with Crippen LogP contribution >= 0.6 is 11.6 Å². The van der Waals surface area contributed by atoms with Crippen molar-refractivity contribution in [2.45, 2.75) is 32.1 Å². The van der Waals surface area contributed by atoms with Gasteiger partial charge in [0.1, 0.15) is 16.5 Å². The van der Waals surface area contributed by atoms with Gasteiger partial charge in [-0.05, 0) is 17.5 Å². The van der Waals surface area contributed by atoms with Crippen molar-refractivity contribution >= 4 is 27.5 Å². The van der Waals surface area contributed by atoms with Crippen LogP contribution in [-0.4, -0.2) is 14.3 Å². The smallest absolute Gasteiger partial charge is 0.265 e. The first kappa shape index (κ1) is 23.1. The predicted molar refractivity (Wildman–Crippen MR) is 96.1 cm³/mol. The number of amides is 1. The van der Waals surface area contributed by atoms with Gasteiger partial charge < -0.3 is 0 Å². The maximum absolute atomic E-state index is 14.3. The highest BCUT2D eigenvalue weighted by molar-refractivity contribution is 7.90. The molecule has 0 unspecified atom stereocenters. The first-order valence-corrected chi connectivity index (χ1v) is 9.88. The first-order valence-electron chi connectivity index (χ1n) is 8.02. The van der Waals surface area contributed by atoms with Crippen LogP contribution in [-0.2, 0) is 14.8 Å². The van der Waals surface area contributed by atoms with E-state index < -0.39 is 71.5 Å². The van der Waals surface area contributed by atoms with Gasteiger partial charge in [-0.2, -0.15) is 0 Å².